The van der Waals surface area contributed by atoms with E-state index in [0.29, 0.717) is 0 Å². The molecule has 0 radical (unpaired) electrons. The van der Waals surface area contributed by atoms with Crippen molar-refractivity contribution in [1.29, 1.82) is 0 Å². The van der Waals surface area contributed by atoms with Gasteiger partial charge in [-0.05, 0) is 30.5 Å². The Balaban J connectivity index is 2.74. The second-order valence-electron chi connectivity index (χ2n) is 4.90. The summed E-state index contributed by atoms with van der Waals surface area (Å²) in [4.78, 5) is 12.0. The number of hydrogen-bond acceptors (Lipinski definition) is 3. The van der Waals surface area contributed by atoms with Crippen molar-refractivity contribution < 1.29 is 9.53 Å². The number of carbonyl (C=O) groups is 1. The van der Waals surface area contributed by atoms with Crippen LogP contribution in [-0.4, -0.2) is 19.1 Å². The van der Waals surface area contributed by atoms with Crippen molar-refractivity contribution in [3.63, 3.8) is 0 Å². The molecule has 3 atom stereocenters. The highest BCUT2D eigenvalue weighted by atomic mass is 16.5. The van der Waals surface area contributed by atoms with Gasteiger partial charge < -0.3 is 15.8 Å². The number of benzene rings is 1. The minimum absolute atomic E-state index is 0.0000842. The molecule has 3 N–H and O–H groups in total. The van der Waals surface area contributed by atoms with Crippen molar-refractivity contribution in [2.75, 3.05) is 12.4 Å². The average Bonchev–Trinajstić information content (AvgIpc) is 2.44. The van der Waals surface area contributed by atoms with E-state index in [1.165, 1.54) is 0 Å². The van der Waals surface area contributed by atoms with Crippen molar-refractivity contribution in [3.05, 3.63) is 29.8 Å². The van der Waals surface area contributed by atoms with E-state index in [9.17, 15) is 4.79 Å². The highest BCUT2D eigenvalue weighted by molar-refractivity contribution is 5.94. The lowest BCUT2D eigenvalue weighted by molar-refractivity contribution is -0.118. The van der Waals surface area contributed by atoms with E-state index in [1.807, 2.05) is 45.0 Å². The molecule has 0 aromatic heterocycles. The number of nitrogens with one attached hydrogen (secondary N) is 1. The molecule has 1 rings (SSSR count). The minimum atomic E-state index is -0.478. The molecule has 0 spiro atoms. The molecule has 4 nitrogen and oxygen atoms in total. The van der Waals surface area contributed by atoms with Crippen LogP contribution in [0.3, 0.4) is 0 Å². The number of methoxy groups -OCH3 is 1. The van der Waals surface area contributed by atoms with Crippen LogP contribution in [0.4, 0.5) is 5.69 Å². The molecule has 4 heteroatoms. The number of anilines is 1. The molecule has 0 aliphatic carbocycles. The molecular formula is C15H24N2O2. The van der Waals surface area contributed by atoms with E-state index in [-0.39, 0.29) is 17.9 Å². The summed E-state index contributed by atoms with van der Waals surface area (Å²) in [6.07, 6.45) is 0.884. The van der Waals surface area contributed by atoms with Crippen LogP contribution in [0.15, 0.2) is 24.3 Å². The topological polar surface area (TPSA) is 64.4 Å². The lowest BCUT2D eigenvalue weighted by Crippen LogP contribution is -2.40. The van der Waals surface area contributed by atoms with E-state index >= 15 is 0 Å². The second-order valence-corrected chi connectivity index (χ2v) is 4.90. The van der Waals surface area contributed by atoms with Gasteiger partial charge in [-0.2, -0.15) is 0 Å². The smallest absolute Gasteiger partial charge is 0.241 e. The Hall–Kier alpha value is -1.39. The van der Waals surface area contributed by atoms with E-state index < -0.39 is 6.04 Å². The first-order chi connectivity index (χ1) is 8.99. The van der Waals surface area contributed by atoms with Gasteiger partial charge >= 0.3 is 0 Å². The van der Waals surface area contributed by atoms with Crippen LogP contribution in [0.2, 0.25) is 0 Å². The average molecular weight is 264 g/mol. The third-order valence-corrected chi connectivity index (χ3v) is 3.54. The van der Waals surface area contributed by atoms with E-state index in [1.54, 1.807) is 7.11 Å². The SMILES string of the molecule is CCC(C)C(N)C(=O)Nc1cccc(C(C)OC)c1. The summed E-state index contributed by atoms with van der Waals surface area (Å²) in [5, 5.41) is 2.86. The predicted molar refractivity (Wildman–Crippen MR) is 77.9 cm³/mol. The number of nitrogens with two attached hydrogens (primary N) is 1. The lowest BCUT2D eigenvalue weighted by Gasteiger charge is -2.18. The summed E-state index contributed by atoms with van der Waals surface area (Å²) in [5.41, 5.74) is 7.69. The summed E-state index contributed by atoms with van der Waals surface area (Å²) in [6, 6.07) is 7.16. The van der Waals surface area contributed by atoms with E-state index in [4.69, 9.17) is 10.5 Å². The van der Waals surface area contributed by atoms with Gasteiger partial charge in [0.1, 0.15) is 0 Å². The van der Waals surface area contributed by atoms with Crippen LogP contribution >= 0.6 is 0 Å². The zero-order chi connectivity index (χ0) is 14.4. The lowest BCUT2D eigenvalue weighted by atomic mass is 9.99. The van der Waals surface area contributed by atoms with Crippen LogP contribution in [-0.2, 0) is 9.53 Å². The van der Waals surface area contributed by atoms with Crippen LogP contribution in [0.5, 0.6) is 0 Å². The molecule has 3 unspecified atom stereocenters. The zero-order valence-corrected chi connectivity index (χ0v) is 12.1. The first-order valence-corrected chi connectivity index (χ1v) is 6.68. The van der Waals surface area contributed by atoms with Crippen molar-refractivity contribution in [1.82, 2.24) is 0 Å². The summed E-state index contributed by atoms with van der Waals surface area (Å²) in [6.45, 7) is 5.97. The van der Waals surface area contributed by atoms with Gasteiger partial charge in [-0.3, -0.25) is 4.79 Å². The fourth-order valence-electron chi connectivity index (χ4n) is 1.74. The first kappa shape index (κ1) is 15.7. The first-order valence-electron chi connectivity index (χ1n) is 6.68. The monoisotopic (exact) mass is 264 g/mol. The van der Waals surface area contributed by atoms with Gasteiger partial charge in [0.05, 0.1) is 12.1 Å². The molecule has 0 saturated carbocycles. The van der Waals surface area contributed by atoms with Gasteiger partial charge in [0.15, 0.2) is 0 Å². The Labute approximate surface area is 115 Å². The largest absolute Gasteiger partial charge is 0.377 e. The van der Waals surface area contributed by atoms with Gasteiger partial charge in [-0.1, -0.05) is 32.4 Å². The Bertz CT molecular complexity index is 420. The quantitative estimate of drug-likeness (QED) is 0.830. The molecule has 0 heterocycles. The maximum Gasteiger partial charge on any atom is 0.241 e. The molecule has 0 fully saturated rings. The number of amides is 1. The standard InChI is InChI=1S/C15H24N2O2/c1-5-10(2)14(16)15(18)17-13-8-6-7-12(9-13)11(3)19-4/h6-11,14H,5,16H2,1-4H3,(H,17,18). The fraction of sp³-hybridized carbons (Fsp3) is 0.533. The molecule has 1 aromatic rings. The number of rotatable bonds is 6. The predicted octanol–water partition coefficient (Wildman–Crippen LogP) is 2.71. The third-order valence-electron chi connectivity index (χ3n) is 3.54. The Morgan fingerprint density at radius 3 is 2.68 bits per heavy atom. The minimum Gasteiger partial charge on any atom is -0.377 e. The highest BCUT2D eigenvalue weighted by Gasteiger charge is 2.19. The van der Waals surface area contributed by atoms with Crippen LogP contribution < -0.4 is 11.1 Å². The zero-order valence-electron chi connectivity index (χ0n) is 12.1. The Morgan fingerprint density at radius 2 is 2.11 bits per heavy atom. The van der Waals surface area contributed by atoms with Crippen molar-refractivity contribution in [3.8, 4) is 0 Å². The van der Waals surface area contributed by atoms with Crippen LogP contribution in [0, 0.1) is 5.92 Å². The van der Waals surface area contributed by atoms with Crippen molar-refractivity contribution >= 4 is 11.6 Å². The summed E-state index contributed by atoms with van der Waals surface area (Å²) in [7, 11) is 1.66. The van der Waals surface area contributed by atoms with Gasteiger partial charge in [-0.15, -0.1) is 0 Å². The number of ether oxygens (including phenoxy) is 1. The summed E-state index contributed by atoms with van der Waals surface area (Å²) < 4.78 is 5.26. The number of carbonyl (C=O) groups excluding carboxylic acids is 1. The molecule has 1 aromatic carbocycles. The molecule has 1 amide bonds. The second kappa shape index (κ2) is 7.26. The Kier molecular flexibility index (Phi) is 5.99. The molecule has 19 heavy (non-hydrogen) atoms. The summed E-state index contributed by atoms with van der Waals surface area (Å²) >= 11 is 0. The highest BCUT2D eigenvalue weighted by Crippen LogP contribution is 2.20. The molecule has 106 valence electrons. The molecule has 0 aliphatic rings. The van der Waals surface area contributed by atoms with Crippen molar-refractivity contribution in [2.45, 2.75) is 39.3 Å². The molecular weight excluding hydrogens is 240 g/mol. The van der Waals surface area contributed by atoms with Gasteiger partial charge in [0.2, 0.25) is 5.91 Å². The molecule has 0 aliphatic heterocycles. The Morgan fingerprint density at radius 1 is 1.42 bits per heavy atom. The van der Waals surface area contributed by atoms with Crippen LogP contribution in [0.25, 0.3) is 0 Å². The normalized spacial score (nSPS) is 15.6. The molecule has 0 bridgehead atoms. The van der Waals surface area contributed by atoms with E-state index in [0.717, 1.165) is 17.7 Å². The third kappa shape index (κ3) is 4.33. The maximum atomic E-state index is 12.0. The van der Waals surface area contributed by atoms with Gasteiger partial charge in [-0.25, -0.2) is 0 Å². The maximum absolute atomic E-state index is 12.0. The number of hydrogen-bond donors (Lipinski definition) is 2. The summed E-state index contributed by atoms with van der Waals surface area (Å²) in [5.74, 6) is 0.0256. The fourth-order valence-corrected chi connectivity index (χ4v) is 1.74. The van der Waals surface area contributed by atoms with E-state index in [2.05, 4.69) is 5.32 Å². The van der Waals surface area contributed by atoms with Crippen LogP contribution in [0.1, 0.15) is 38.9 Å². The van der Waals surface area contributed by atoms with Gasteiger partial charge in [0.25, 0.3) is 0 Å². The van der Waals surface area contributed by atoms with Gasteiger partial charge in [0, 0.05) is 12.8 Å². The molecule has 0 saturated heterocycles. The van der Waals surface area contributed by atoms with Crippen molar-refractivity contribution in [2.24, 2.45) is 11.7 Å².